The number of benzene rings is 2. The van der Waals surface area contributed by atoms with Crippen LogP contribution in [0.15, 0.2) is 54.9 Å². The third kappa shape index (κ3) is 4.55. The van der Waals surface area contributed by atoms with Crippen LogP contribution in [0, 0.1) is 5.82 Å². The van der Waals surface area contributed by atoms with Crippen molar-refractivity contribution in [2.45, 2.75) is 13.0 Å². The van der Waals surface area contributed by atoms with Gasteiger partial charge in [0.15, 0.2) is 0 Å². The van der Waals surface area contributed by atoms with Gasteiger partial charge in [0.05, 0.1) is 12.1 Å². The average Bonchev–Trinajstić information content (AvgIpc) is 3.09. The van der Waals surface area contributed by atoms with Gasteiger partial charge in [-0.15, -0.1) is 0 Å². The van der Waals surface area contributed by atoms with Crippen LogP contribution in [0.2, 0.25) is 0 Å². The molecule has 146 valence electrons. The Morgan fingerprint density at radius 2 is 1.93 bits per heavy atom. The summed E-state index contributed by atoms with van der Waals surface area (Å²) in [6.07, 6.45) is 4.24. The van der Waals surface area contributed by atoms with E-state index < -0.39 is 11.7 Å². The molecule has 0 atom stereocenters. The van der Waals surface area contributed by atoms with E-state index in [1.807, 2.05) is 35.9 Å². The first-order chi connectivity index (χ1) is 13.5. The van der Waals surface area contributed by atoms with Gasteiger partial charge in [0.1, 0.15) is 23.1 Å². The number of halogens is 1. The summed E-state index contributed by atoms with van der Waals surface area (Å²) in [6, 6.07) is 11.7. The predicted molar refractivity (Wildman–Crippen MR) is 105 cm³/mol. The number of nitrogens with two attached hydrogens (primary N) is 1. The zero-order chi connectivity index (χ0) is 20.1. The highest BCUT2D eigenvalue weighted by Gasteiger charge is 2.19. The average molecular weight is 382 g/mol. The molecule has 1 heterocycles. The molecule has 1 amide bonds. The fraction of sp³-hybridized carbons (Fsp3) is 0.238. The number of aryl methyl sites for hydroxylation is 1. The maximum atomic E-state index is 14.3. The monoisotopic (exact) mass is 382 g/mol. The Labute approximate surface area is 163 Å². The van der Waals surface area contributed by atoms with E-state index in [9.17, 15) is 9.18 Å². The molecule has 2 N–H and O–H groups in total. The lowest BCUT2D eigenvalue weighted by Gasteiger charge is -2.18. The Kier molecular flexibility index (Phi) is 6.06. The molecule has 3 aromatic rings. The molecule has 0 aliphatic rings. The zero-order valence-electron chi connectivity index (χ0n) is 15.9. The molecule has 0 aliphatic carbocycles. The molecule has 3 rings (SSSR count). The molecular formula is C21H23FN4O2. The first kappa shape index (κ1) is 19.6. The third-order valence-electron chi connectivity index (χ3n) is 4.41. The van der Waals surface area contributed by atoms with Crippen LogP contribution in [0.25, 0.3) is 0 Å². The fourth-order valence-corrected chi connectivity index (χ4v) is 2.80. The molecule has 0 aliphatic heterocycles. The lowest BCUT2D eigenvalue weighted by molar-refractivity contribution is 0.0775. The highest BCUT2D eigenvalue weighted by Crippen LogP contribution is 2.25. The zero-order valence-corrected chi connectivity index (χ0v) is 15.9. The molecule has 0 saturated heterocycles. The highest BCUT2D eigenvalue weighted by atomic mass is 19.1. The molecule has 0 spiro atoms. The van der Waals surface area contributed by atoms with E-state index in [4.69, 9.17) is 10.5 Å². The number of carbonyl (C=O) groups excluding carboxylic acids is 1. The number of aromatic nitrogens is 2. The Balaban J connectivity index is 1.75. The summed E-state index contributed by atoms with van der Waals surface area (Å²) in [5, 5.41) is 0. The van der Waals surface area contributed by atoms with Gasteiger partial charge in [0.2, 0.25) is 0 Å². The lowest BCUT2D eigenvalue weighted by atomic mass is 10.1. The summed E-state index contributed by atoms with van der Waals surface area (Å²) in [4.78, 5) is 18.3. The first-order valence-electron chi connectivity index (χ1n) is 8.96. The van der Waals surface area contributed by atoms with Gasteiger partial charge < -0.3 is 19.9 Å². The minimum Gasteiger partial charge on any atom is -0.457 e. The van der Waals surface area contributed by atoms with Crippen molar-refractivity contribution in [2.75, 3.05) is 13.6 Å². The Morgan fingerprint density at radius 1 is 1.21 bits per heavy atom. The van der Waals surface area contributed by atoms with Crippen LogP contribution in [-0.4, -0.2) is 34.0 Å². The van der Waals surface area contributed by atoms with Crippen LogP contribution >= 0.6 is 0 Å². The maximum Gasteiger partial charge on any atom is 0.257 e. The lowest BCUT2D eigenvalue weighted by Crippen LogP contribution is -2.28. The molecule has 6 nitrogen and oxygen atoms in total. The summed E-state index contributed by atoms with van der Waals surface area (Å²) < 4.78 is 21.9. The van der Waals surface area contributed by atoms with Crippen LogP contribution in [0.1, 0.15) is 21.7 Å². The van der Waals surface area contributed by atoms with Crippen LogP contribution in [0.4, 0.5) is 4.39 Å². The second-order valence-corrected chi connectivity index (χ2v) is 6.54. The molecular weight excluding hydrogens is 359 g/mol. The normalized spacial score (nSPS) is 10.7. The number of rotatable bonds is 7. The molecule has 2 aromatic carbocycles. The van der Waals surface area contributed by atoms with E-state index in [1.54, 1.807) is 19.4 Å². The van der Waals surface area contributed by atoms with Gasteiger partial charge in [-0.2, -0.15) is 0 Å². The van der Waals surface area contributed by atoms with E-state index in [1.165, 1.54) is 23.1 Å². The van der Waals surface area contributed by atoms with Crippen molar-refractivity contribution in [2.24, 2.45) is 12.8 Å². The first-order valence-corrected chi connectivity index (χ1v) is 8.96. The van der Waals surface area contributed by atoms with E-state index in [2.05, 4.69) is 4.98 Å². The Morgan fingerprint density at radius 3 is 2.57 bits per heavy atom. The SMILES string of the molecule is CN(Cc1nccn1C)C(=O)c1cc(Oc2ccc(CCN)cc2)ccc1F. The summed E-state index contributed by atoms with van der Waals surface area (Å²) >= 11 is 0. The minimum absolute atomic E-state index is 0.0473. The number of carbonyl (C=O) groups is 1. The van der Waals surface area contributed by atoms with Crippen molar-refractivity contribution in [3.8, 4) is 11.5 Å². The number of hydrogen-bond donors (Lipinski definition) is 1. The van der Waals surface area contributed by atoms with E-state index in [-0.39, 0.29) is 12.1 Å². The molecule has 7 heteroatoms. The minimum atomic E-state index is -0.595. The van der Waals surface area contributed by atoms with Gasteiger partial charge in [-0.3, -0.25) is 4.79 Å². The smallest absolute Gasteiger partial charge is 0.257 e. The van der Waals surface area contributed by atoms with Crippen molar-refractivity contribution in [3.05, 3.63) is 77.6 Å². The standard InChI is InChI=1S/C21H23FN4O2/c1-25-12-11-24-20(25)14-26(2)21(27)18-13-17(7-8-19(18)22)28-16-5-3-15(4-6-16)9-10-23/h3-8,11-13H,9-10,14,23H2,1-2H3. The summed E-state index contributed by atoms with van der Waals surface area (Å²) in [6.45, 7) is 0.852. The van der Waals surface area contributed by atoms with E-state index in [0.717, 1.165) is 12.0 Å². The second-order valence-electron chi connectivity index (χ2n) is 6.54. The van der Waals surface area contributed by atoms with Gasteiger partial charge >= 0.3 is 0 Å². The predicted octanol–water partition coefficient (Wildman–Crippen LogP) is 3.12. The molecule has 0 fully saturated rings. The van der Waals surface area contributed by atoms with Crippen LogP contribution in [-0.2, 0) is 20.0 Å². The molecule has 0 saturated carbocycles. The van der Waals surface area contributed by atoms with Gasteiger partial charge in [-0.05, 0) is 48.9 Å². The highest BCUT2D eigenvalue weighted by molar-refractivity contribution is 5.94. The molecule has 0 unspecified atom stereocenters. The number of nitrogens with zero attached hydrogens (tertiary/aromatic N) is 3. The summed E-state index contributed by atoms with van der Waals surface area (Å²) in [7, 11) is 3.45. The number of amides is 1. The van der Waals surface area contributed by atoms with E-state index in [0.29, 0.717) is 23.9 Å². The topological polar surface area (TPSA) is 73.4 Å². The molecule has 1 aromatic heterocycles. The largest absolute Gasteiger partial charge is 0.457 e. The third-order valence-corrected chi connectivity index (χ3v) is 4.41. The van der Waals surface area contributed by atoms with Crippen molar-refractivity contribution in [1.29, 1.82) is 0 Å². The number of imidazole rings is 1. The Hall–Kier alpha value is -3.19. The van der Waals surface area contributed by atoms with Crippen molar-refractivity contribution in [3.63, 3.8) is 0 Å². The van der Waals surface area contributed by atoms with Gasteiger partial charge in [0, 0.05) is 26.5 Å². The van der Waals surface area contributed by atoms with Crippen LogP contribution in [0.5, 0.6) is 11.5 Å². The van der Waals surface area contributed by atoms with Crippen molar-refractivity contribution >= 4 is 5.91 Å². The number of ether oxygens (including phenoxy) is 1. The second kappa shape index (κ2) is 8.67. The number of hydrogen-bond acceptors (Lipinski definition) is 4. The van der Waals surface area contributed by atoms with Gasteiger partial charge in [-0.1, -0.05) is 12.1 Å². The van der Waals surface area contributed by atoms with Crippen molar-refractivity contribution < 1.29 is 13.9 Å². The Bertz CT molecular complexity index is 953. The fourth-order valence-electron chi connectivity index (χ4n) is 2.80. The summed E-state index contributed by atoms with van der Waals surface area (Å²) in [5.41, 5.74) is 6.61. The molecule has 0 bridgehead atoms. The van der Waals surface area contributed by atoms with Gasteiger partial charge in [0.25, 0.3) is 5.91 Å². The maximum absolute atomic E-state index is 14.3. The summed E-state index contributed by atoms with van der Waals surface area (Å²) in [5.74, 6) is 0.668. The van der Waals surface area contributed by atoms with Gasteiger partial charge in [-0.25, -0.2) is 9.37 Å². The molecule has 28 heavy (non-hydrogen) atoms. The van der Waals surface area contributed by atoms with Crippen LogP contribution < -0.4 is 10.5 Å². The van der Waals surface area contributed by atoms with E-state index >= 15 is 0 Å². The molecule has 0 radical (unpaired) electrons. The quantitative estimate of drug-likeness (QED) is 0.681. The van der Waals surface area contributed by atoms with Crippen molar-refractivity contribution in [1.82, 2.24) is 14.5 Å². The van der Waals surface area contributed by atoms with Crippen LogP contribution in [0.3, 0.4) is 0 Å².